The maximum atomic E-state index is 9.18. The van der Waals surface area contributed by atoms with Crippen molar-refractivity contribution in [1.82, 2.24) is 9.97 Å². The van der Waals surface area contributed by atoms with Crippen LogP contribution in [0, 0.1) is 6.92 Å². The SMILES string of the molecule is CNc1ncnc(N(CCO)C2CCC2)c1C. The third-order valence-corrected chi connectivity index (χ3v) is 3.42. The number of aliphatic hydroxyl groups is 1. The molecular formula is C12H20N4O. The highest BCUT2D eigenvalue weighted by atomic mass is 16.3. The lowest BCUT2D eigenvalue weighted by molar-refractivity contribution is 0.283. The van der Waals surface area contributed by atoms with Crippen LogP contribution < -0.4 is 10.2 Å². The Morgan fingerprint density at radius 1 is 1.47 bits per heavy atom. The highest BCUT2D eigenvalue weighted by molar-refractivity contribution is 5.58. The summed E-state index contributed by atoms with van der Waals surface area (Å²) in [5.41, 5.74) is 1.05. The number of nitrogens with zero attached hydrogens (tertiary/aromatic N) is 3. The van der Waals surface area contributed by atoms with Crippen LogP contribution in [-0.2, 0) is 0 Å². The monoisotopic (exact) mass is 236 g/mol. The van der Waals surface area contributed by atoms with E-state index in [-0.39, 0.29) is 6.61 Å². The molecule has 0 atom stereocenters. The minimum absolute atomic E-state index is 0.162. The van der Waals surface area contributed by atoms with Crippen LogP contribution in [0.3, 0.4) is 0 Å². The van der Waals surface area contributed by atoms with Gasteiger partial charge in [0.1, 0.15) is 18.0 Å². The molecule has 1 aromatic heterocycles. The first kappa shape index (κ1) is 12.1. The molecular weight excluding hydrogens is 216 g/mol. The summed E-state index contributed by atoms with van der Waals surface area (Å²) >= 11 is 0. The van der Waals surface area contributed by atoms with Crippen molar-refractivity contribution in [3.63, 3.8) is 0 Å². The highest BCUT2D eigenvalue weighted by Gasteiger charge is 2.27. The smallest absolute Gasteiger partial charge is 0.137 e. The van der Waals surface area contributed by atoms with E-state index in [2.05, 4.69) is 20.2 Å². The van der Waals surface area contributed by atoms with Crippen LogP contribution in [0.2, 0.25) is 0 Å². The fourth-order valence-corrected chi connectivity index (χ4v) is 2.25. The number of anilines is 2. The number of aromatic nitrogens is 2. The van der Waals surface area contributed by atoms with Crippen LogP contribution in [-0.4, -0.2) is 41.3 Å². The van der Waals surface area contributed by atoms with Gasteiger partial charge in [-0.3, -0.25) is 0 Å². The number of hydrogen-bond donors (Lipinski definition) is 2. The minimum Gasteiger partial charge on any atom is -0.395 e. The summed E-state index contributed by atoms with van der Waals surface area (Å²) in [5, 5.41) is 12.3. The van der Waals surface area contributed by atoms with Gasteiger partial charge in [0.05, 0.1) is 6.61 Å². The van der Waals surface area contributed by atoms with Gasteiger partial charge in [-0.25, -0.2) is 9.97 Å². The predicted octanol–water partition coefficient (Wildman–Crippen LogP) is 1.18. The number of hydrogen-bond acceptors (Lipinski definition) is 5. The molecule has 1 heterocycles. The molecule has 2 rings (SSSR count). The van der Waals surface area contributed by atoms with E-state index in [9.17, 15) is 5.11 Å². The highest BCUT2D eigenvalue weighted by Crippen LogP contribution is 2.31. The molecule has 0 aliphatic heterocycles. The summed E-state index contributed by atoms with van der Waals surface area (Å²) in [6, 6.07) is 0.528. The van der Waals surface area contributed by atoms with Crippen molar-refractivity contribution in [3.05, 3.63) is 11.9 Å². The predicted molar refractivity (Wildman–Crippen MR) is 68.4 cm³/mol. The second-order valence-corrected chi connectivity index (χ2v) is 4.42. The summed E-state index contributed by atoms with van der Waals surface area (Å²) in [6.07, 6.45) is 5.24. The Bertz CT molecular complexity index is 379. The normalized spacial score (nSPS) is 15.5. The molecule has 17 heavy (non-hydrogen) atoms. The van der Waals surface area contributed by atoms with Crippen LogP contribution in [0.25, 0.3) is 0 Å². The van der Waals surface area contributed by atoms with Crippen molar-refractivity contribution in [1.29, 1.82) is 0 Å². The molecule has 5 heteroatoms. The zero-order valence-electron chi connectivity index (χ0n) is 10.5. The van der Waals surface area contributed by atoms with E-state index in [1.165, 1.54) is 19.3 Å². The van der Waals surface area contributed by atoms with E-state index in [0.717, 1.165) is 17.2 Å². The summed E-state index contributed by atoms with van der Waals surface area (Å²) in [6.45, 7) is 2.82. The molecule has 0 aromatic carbocycles. The Morgan fingerprint density at radius 3 is 2.76 bits per heavy atom. The molecule has 0 saturated heterocycles. The van der Waals surface area contributed by atoms with Gasteiger partial charge in [-0.05, 0) is 26.2 Å². The molecule has 0 amide bonds. The van der Waals surface area contributed by atoms with E-state index >= 15 is 0 Å². The number of nitrogens with one attached hydrogen (secondary N) is 1. The van der Waals surface area contributed by atoms with E-state index in [1.807, 2.05) is 14.0 Å². The van der Waals surface area contributed by atoms with E-state index in [1.54, 1.807) is 6.33 Å². The van der Waals surface area contributed by atoms with Crippen LogP contribution >= 0.6 is 0 Å². The van der Waals surface area contributed by atoms with Gasteiger partial charge < -0.3 is 15.3 Å². The van der Waals surface area contributed by atoms with Gasteiger partial charge in [0, 0.05) is 25.2 Å². The number of aliphatic hydroxyl groups excluding tert-OH is 1. The van der Waals surface area contributed by atoms with E-state index in [4.69, 9.17) is 0 Å². The van der Waals surface area contributed by atoms with Gasteiger partial charge in [0.2, 0.25) is 0 Å². The lowest BCUT2D eigenvalue weighted by Gasteiger charge is -2.38. The average Bonchev–Trinajstić information content (AvgIpc) is 2.26. The number of rotatable bonds is 5. The topological polar surface area (TPSA) is 61.3 Å². The van der Waals surface area contributed by atoms with Crippen LogP contribution in [0.5, 0.6) is 0 Å². The standard InChI is InChI=1S/C12H20N4O/c1-9-11(13-2)14-8-15-12(9)16(6-7-17)10-4-3-5-10/h8,10,17H,3-7H2,1-2H3,(H,13,14,15). The van der Waals surface area contributed by atoms with Crippen molar-refractivity contribution >= 4 is 11.6 Å². The quantitative estimate of drug-likeness (QED) is 0.804. The molecule has 0 spiro atoms. The van der Waals surface area contributed by atoms with Crippen LogP contribution in [0.15, 0.2) is 6.33 Å². The lowest BCUT2D eigenvalue weighted by atomic mass is 9.91. The molecule has 1 saturated carbocycles. The molecule has 1 aliphatic carbocycles. The van der Waals surface area contributed by atoms with Gasteiger partial charge >= 0.3 is 0 Å². The van der Waals surface area contributed by atoms with Gasteiger partial charge in [0.15, 0.2) is 0 Å². The minimum atomic E-state index is 0.162. The van der Waals surface area contributed by atoms with Gasteiger partial charge in [-0.15, -0.1) is 0 Å². The van der Waals surface area contributed by atoms with Crippen molar-refractivity contribution in [2.75, 3.05) is 30.4 Å². The Hall–Kier alpha value is -1.36. The van der Waals surface area contributed by atoms with Crippen molar-refractivity contribution in [2.45, 2.75) is 32.2 Å². The van der Waals surface area contributed by atoms with Crippen LogP contribution in [0.4, 0.5) is 11.6 Å². The second-order valence-electron chi connectivity index (χ2n) is 4.42. The molecule has 0 bridgehead atoms. The fourth-order valence-electron chi connectivity index (χ4n) is 2.25. The summed E-state index contributed by atoms with van der Waals surface area (Å²) in [7, 11) is 1.86. The third-order valence-electron chi connectivity index (χ3n) is 3.42. The lowest BCUT2D eigenvalue weighted by Crippen LogP contribution is -2.42. The maximum absolute atomic E-state index is 9.18. The third kappa shape index (κ3) is 2.34. The first-order valence-corrected chi connectivity index (χ1v) is 6.14. The Kier molecular flexibility index (Phi) is 3.78. The van der Waals surface area contributed by atoms with Crippen molar-refractivity contribution in [2.24, 2.45) is 0 Å². The van der Waals surface area contributed by atoms with Crippen molar-refractivity contribution in [3.8, 4) is 0 Å². The second kappa shape index (κ2) is 5.31. The fraction of sp³-hybridized carbons (Fsp3) is 0.667. The molecule has 1 aliphatic rings. The summed E-state index contributed by atoms with van der Waals surface area (Å²) in [4.78, 5) is 10.8. The first-order valence-electron chi connectivity index (χ1n) is 6.14. The average molecular weight is 236 g/mol. The summed E-state index contributed by atoms with van der Waals surface area (Å²) < 4.78 is 0. The van der Waals surface area contributed by atoms with Gasteiger partial charge in [0.25, 0.3) is 0 Å². The van der Waals surface area contributed by atoms with E-state index < -0.39 is 0 Å². The zero-order chi connectivity index (χ0) is 12.3. The molecule has 94 valence electrons. The molecule has 0 unspecified atom stereocenters. The van der Waals surface area contributed by atoms with Crippen LogP contribution in [0.1, 0.15) is 24.8 Å². The molecule has 1 fully saturated rings. The summed E-state index contributed by atoms with van der Waals surface area (Å²) in [5.74, 6) is 1.81. The zero-order valence-corrected chi connectivity index (χ0v) is 10.5. The first-order chi connectivity index (χ1) is 8.27. The Morgan fingerprint density at radius 2 is 2.24 bits per heavy atom. The maximum Gasteiger partial charge on any atom is 0.137 e. The Balaban J connectivity index is 2.28. The molecule has 5 nitrogen and oxygen atoms in total. The molecule has 0 radical (unpaired) electrons. The van der Waals surface area contributed by atoms with Gasteiger partial charge in [-0.1, -0.05) is 0 Å². The molecule has 2 N–H and O–H groups in total. The van der Waals surface area contributed by atoms with Crippen molar-refractivity contribution < 1.29 is 5.11 Å². The molecule has 1 aromatic rings. The van der Waals surface area contributed by atoms with E-state index in [0.29, 0.717) is 12.6 Å². The largest absolute Gasteiger partial charge is 0.395 e. The Labute approximate surface area is 102 Å². The van der Waals surface area contributed by atoms with Gasteiger partial charge in [-0.2, -0.15) is 0 Å².